The average molecular weight is 219 g/mol. The fraction of sp³-hybridized carbons (Fsp3) is 0.538. The van der Waals surface area contributed by atoms with Crippen molar-refractivity contribution < 1.29 is 9.47 Å². The molecule has 16 heavy (non-hydrogen) atoms. The van der Waals surface area contributed by atoms with E-state index in [4.69, 9.17) is 9.47 Å². The summed E-state index contributed by atoms with van der Waals surface area (Å²) in [7, 11) is 4.33. The van der Waals surface area contributed by atoms with Gasteiger partial charge in [-0.05, 0) is 51.1 Å². The number of nitrogens with zero attached hydrogens (tertiary/aromatic N) is 1. The number of likely N-dealkylation sites (N-methyl/N-ethyl adjacent to an activating group) is 1. The molecule has 0 spiro atoms. The quantitative estimate of drug-likeness (QED) is 0.776. The van der Waals surface area contributed by atoms with E-state index in [0.29, 0.717) is 12.3 Å². The van der Waals surface area contributed by atoms with Crippen LogP contribution in [-0.2, 0) is 6.42 Å². The Morgan fingerprint density at radius 2 is 1.94 bits per heavy atom. The van der Waals surface area contributed by atoms with Gasteiger partial charge in [0.1, 0.15) is 0 Å². The molecule has 1 fully saturated rings. The Kier molecular flexibility index (Phi) is 2.11. The fourth-order valence-electron chi connectivity index (χ4n) is 2.36. The Hall–Kier alpha value is -1.22. The molecule has 0 bridgehead atoms. The molecule has 86 valence electrons. The highest BCUT2D eigenvalue weighted by atomic mass is 16.7. The maximum Gasteiger partial charge on any atom is 0.231 e. The summed E-state index contributed by atoms with van der Waals surface area (Å²) in [6, 6.07) is 6.28. The molecule has 1 aliphatic carbocycles. The summed E-state index contributed by atoms with van der Waals surface area (Å²) in [6.45, 7) is 0.359. The van der Waals surface area contributed by atoms with E-state index in [-0.39, 0.29) is 0 Å². The van der Waals surface area contributed by atoms with Crippen LogP contribution < -0.4 is 9.47 Å². The van der Waals surface area contributed by atoms with Crippen molar-refractivity contribution in [3.63, 3.8) is 0 Å². The molecule has 0 amide bonds. The van der Waals surface area contributed by atoms with Gasteiger partial charge in [0.15, 0.2) is 11.5 Å². The molecule has 0 aromatic heterocycles. The van der Waals surface area contributed by atoms with Crippen molar-refractivity contribution in [3.05, 3.63) is 23.8 Å². The second-order valence-corrected chi connectivity index (χ2v) is 4.98. The second kappa shape index (κ2) is 3.39. The van der Waals surface area contributed by atoms with Crippen LogP contribution in [0.2, 0.25) is 0 Å². The summed E-state index contributed by atoms with van der Waals surface area (Å²) in [6.07, 6.45) is 3.71. The highest BCUT2D eigenvalue weighted by molar-refractivity contribution is 5.45. The van der Waals surface area contributed by atoms with Crippen molar-refractivity contribution in [2.45, 2.75) is 24.8 Å². The van der Waals surface area contributed by atoms with E-state index < -0.39 is 0 Å². The Morgan fingerprint density at radius 1 is 1.19 bits per heavy atom. The minimum atomic E-state index is 0.359. The number of ether oxygens (including phenoxy) is 2. The number of rotatable bonds is 3. The standard InChI is InChI=1S/C13H17NO2/c1-14(2)13(5-6-13)8-10-3-4-11-12(7-10)16-9-15-11/h3-4,7H,5-6,8-9H2,1-2H3. The van der Waals surface area contributed by atoms with Gasteiger partial charge in [-0.15, -0.1) is 0 Å². The first-order valence-electron chi connectivity index (χ1n) is 5.76. The van der Waals surface area contributed by atoms with Crippen molar-refractivity contribution >= 4 is 0 Å². The van der Waals surface area contributed by atoms with Crippen LogP contribution in [0, 0.1) is 0 Å². The van der Waals surface area contributed by atoms with Crippen LogP contribution in [0.4, 0.5) is 0 Å². The lowest BCUT2D eigenvalue weighted by atomic mass is 10.0. The Balaban J connectivity index is 1.81. The van der Waals surface area contributed by atoms with Gasteiger partial charge in [-0.25, -0.2) is 0 Å². The summed E-state index contributed by atoms with van der Waals surface area (Å²) in [5.41, 5.74) is 1.74. The molecular weight excluding hydrogens is 202 g/mol. The zero-order valence-corrected chi connectivity index (χ0v) is 9.82. The zero-order chi connectivity index (χ0) is 11.2. The summed E-state index contributed by atoms with van der Waals surface area (Å²) >= 11 is 0. The maximum atomic E-state index is 5.40. The predicted molar refractivity (Wildman–Crippen MR) is 61.9 cm³/mol. The van der Waals surface area contributed by atoms with E-state index in [1.54, 1.807) is 0 Å². The summed E-state index contributed by atoms with van der Waals surface area (Å²) in [4.78, 5) is 2.34. The molecule has 2 aliphatic rings. The molecule has 0 N–H and O–H groups in total. The van der Waals surface area contributed by atoms with Gasteiger partial charge >= 0.3 is 0 Å². The normalized spacial score (nSPS) is 20.2. The molecule has 3 nitrogen and oxygen atoms in total. The van der Waals surface area contributed by atoms with E-state index >= 15 is 0 Å². The van der Waals surface area contributed by atoms with E-state index in [1.165, 1.54) is 18.4 Å². The van der Waals surface area contributed by atoms with Crippen molar-refractivity contribution in [3.8, 4) is 11.5 Å². The molecule has 1 heterocycles. The molecule has 1 aromatic carbocycles. The fourth-order valence-corrected chi connectivity index (χ4v) is 2.36. The van der Waals surface area contributed by atoms with Crippen LogP contribution in [0.5, 0.6) is 11.5 Å². The largest absolute Gasteiger partial charge is 0.454 e. The summed E-state index contributed by atoms with van der Waals surface area (Å²) in [5.74, 6) is 1.77. The average Bonchev–Trinajstić information content (AvgIpc) is 2.90. The third kappa shape index (κ3) is 1.55. The lowest BCUT2D eigenvalue weighted by Gasteiger charge is -2.23. The van der Waals surface area contributed by atoms with Gasteiger partial charge in [0.2, 0.25) is 6.79 Å². The minimum Gasteiger partial charge on any atom is -0.454 e. The maximum absolute atomic E-state index is 5.40. The molecular formula is C13H17NO2. The smallest absolute Gasteiger partial charge is 0.231 e. The first-order chi connectivity index (χ1) is 7.70. The number of fused-ring (bicyclic) bond motifs is 1. The monoisotopic (exact) mass is 219 g/mol. The van der Waals surface area contributed by atoms with Gasteiger partial charge in [-0.2, -0.15) is 0 Å². The SMILES string of the molecule is CN(C)C1(Cc2ccc3c(c2)OCO3)CC1. The van der Waals surface area contributed by atoms with Crippen molar-refractivity contribution in [2.75, 3.05) is 20.9 Å². The second-order valence-electron chi connectivity index (χ2n) is 4.98. The van der Waals surface area contributed by atoms with Crippen LogP contribution in [-0.4, -0.2) is 31.3 Å². The van der Waals surface area contributed by atoms with E-state index in [2.05, 4.69) is 31.1 Å². The van der Waals surface area contributed by atoms with E-state index in [0.717, 1.165) is 17.9 Å². The van der Waals surface area contributed by atoms with Gasteiger partial charge in [-0.3, -0.25) is 0 Å². The first kappa shape index (κ1) is 9.97. The number of benzene rings is 1. The molecule has 1 aromatic rings. The van der Waals surface area contributed by atoms with Crippen molar-refractivity contribution in [1.29, 1.82) is 0 Å². The molecule has 3 heteroatoms. The van der Waals surface area contributed by atoms with Crippen LogP contribution in [0.15, 0.2) is 18.2 Å². The third-order valence-corrected chi connectivity index (χ3v) is 3.75. The first-order valence-corrected chi connectivity index (χ1v) is 5.76. The highest BCUT2D eigenvalue weighted by Crippen LogP contribution is 2.44. The van der Waals surface area contributed by atoms with E-state index in [1.807, 2.05) is 6.07 Å². The van der Waals surface area contributed by atoms with Gasteiger partial charge in [0.25, 0.3) is 0 Å². The Labute approximate surface area is 96.0 Å². The van der Waals surface area contributed by atoms with Gasteiger partial charge in [-0.1, -0.05) is 6.07 Å². The van der Waals surface area contributed by atoms with Gasteiger partial charge < -0.3 is 14.4 Å². The predicted octanol–water partition coefficient (Wildman–Crippen LogP) is 2.05. The van der Waals surface area contributed by atoms with Crippen LogP contribution >= 0.6 is 0 Å². The summed E-state index contributed by atoms with van der Waals surface area (Å²) in [5, 5.41) is 0. The molecule has 0 atom stereocenters. The lowest BCUT2D eigenvalue weighted by Crippen LogP contribution is -2.32. The summed E-state index contributed by atoms with van der Waals surface area (Å²) < 4.78 is 10.7. The lowest BCUT2D eigenvalue weighted by molar-refractivity contribution is 0.174. The molecule has 0 radical (unpaired) electrons. The highest BCUT2D eigenvalue weighted by Gasteiger charge is 2.44. The molecule has 3 rings (SSSR count). The van der Waals surface area contributed by atoms with Gasteiger partial charge in [0.05, 0.1) is 0 Å². The van der Waals surface area contributed by atoms with Gasteiger partial charge in [0, 0.05) is 5.54 Å². The number of hydrogen-bond donors (Lipinski definition) is 0. The Morgan fingerprint density at radius 3 is 2.62 bits per heavy atom. The third-order valence-electron chi connectivity index (χ3n) is 3.75. The van der Waals surface area contributed by atoms with E-state index in [9.17, 15) is 0 Å². The minimum absolute atomic E-state index is 0.359. The van der Waals surface area contributed by atoms with Crippen molar-refractivity contribution in [2.24, 2.45) is 0 Å². The molecule has 0 saturated heterocycles. The van der Waals surface area contributed by atoms with Crippen LogP contribution in [0.3, 0.4) is 0 Å². The Bertz CT molecular complexity index is 410. The molecule has 0 unspecified atom stereocenters. The molecule has 1 aliphatic heterocycles. The number of hydrogen-bond acceptors (Lipinski definition) is 3. The van der Waals surface area contributed by atoms with Crippen LogP contribution in [0.25, 0.3) is 0 Å². The van der Waals surface area contributed by atoms with Crippen LogP contribution in [0.1, 0.15) is 18.4 Å². The molecule has 1 saturated carbocycles. The van der Waals surface area contributed by atoms with Crippen molar-refractivity contribution in [1.82, 2.24) is 4.90 Å². The zero-order valence-electron chi connectivity index (χ0n) is 9.82. The topological polar surface area (TPSA) is 21.7 Å².